The van der Waals surface area contributed by atoms with Gasteiger partial charge in [-0.05, 0) is 0 Å². The van der Waals surface area contributed by atoms with Crippen molar-refractivity contribution in [1.29, 1.82) is 0 Å². The van der Waals surface area contributed by atoms with Crippen LogP contribution < -0.4 is 0 Å². The van der Waals surface area contributed by atoms with Crippen molar-refractivity contribution in [2.45, 2.75) is 122 Å². The van der Waals surface area contributed by atoms with Gasteiger partial charge in [-0.15, -0.1) is 0 Å². The van der Waals surface area contributed by atoms with Crippen molar-refractivity contribution >= 4 is 19.6 Å². The van der Waals surface area contributed by atoms with Crippen molar-refractivity contribution in [2.75, 3.05) is 0 Å². The summed E-state index contributed by atoms with van der Waals surface area (Å²) in [7, 11) is 0. The van der Waals surface area contributed by atoms with E-state index >= 15 is 0 Å². The zero-order valence-corrected chi connectivity index (χ0v) is 17.1. The monoisotopic (exact) mass is 376 g/mol. The molecule has 0 aliphatic carbocycles. The van der Waals surface area contributed by atoms with E-state index in [0.717, 1.165) is 0 Å². The van der Waals surface area contributed by atoms with Gasteiger partial charge in [0.05, 0.1) is 0 Å². The molecule has 0 aliphatic rings. The summed E-state index contributed by atoms with van der Waals surface area (Å²) < 4.78 is 0.411. The van der Waals surface area contributed by atoms with Gasteiger partial charge in [0.1, 0.15) is 0 Å². The van der Waals surface area contributed by atoms with E-state index in [9.17, 15) is 4.79 Å². The van der Waals surface area contributed by atoms with Crippen LogP contribution in [-0.4, -0.2) is 19.6 Å². The van der Waals surface area contributed by atoms with Gasteiger partial charge in [0.2, 0.25) is 0 Å². The van der Waals surface area contributed by atoms with Crippen molar-refractivity contribution in [3.63, 3.8) is 0 Å². The summed E-state index contributed by atoms with van der Waals surface area (Å²) in [4.78, 5) is 10.8. The summed E-state index contributed by atoms with van der Waals surface area (Å²) in [6.07, 6.45) is 22.7. The molecule has 0 fully saturated rings. The van der Waals surface area contributed by atoms with Gasteiger partial charge < -0.3 is 0 Å². The minimum absolute atomic E-state index is 0.274. The first-order valence-corrected chi connectivity index (χ1v) is 12.0. The van der Waals surface area contributed by atoms with Crippen LogP contribution in [0.2, 0.25) is 5.32 Å². The zero-order chi connectivity index (χ0) is 16.3. The van der Waals surface area contributed by atoms with E-state index in [1.54, 1.807) is 6.92 Å². The van der Waals surface area contributed by atoms with Crippen molar-refractivity contribution in [1.82, 2.24) is 0 Å². The molecule has 0 unspecified atom stereocenters. The molecule has 0 rings (SSSR count). The molecule has 0 aliphatic heterocycles. The quantitative estimate of drug-likeness (QED) is 0.188. The standard InChI is InChI=1S/C20H40OSe/c1-3-4-5-6-7-8-9-10-11-12-13-14-15-16-17-18-19-22-20(2)21/h3-19H2,1-2H3. The Kier molecular flexibility index (Phi) is 19.4. The fraction of sp³-hybridized carbons (Fsp3) is 0.950. The van der Waals surface area contributed by atoms with E-state index in [-0.39, 0.29) is 15.0 Å². The molecule has 2 heteroatoms. The first-order chi connectivity index (χ1) is 10.8. The summed E-state index contributed by atoms with van der Waals surface area (Å²) in [5.74, 6) is 0. The Labute approximate surface area is 146 Å². The Balaban J connectivity index is 2.95. The van der Waals surface area contributed by atoms with Crippen LogP contribution in [0.3, 0.4) is 0 Å². The van der Waals surface area contributed by atoms with E-state index < -0.39 is 0 Å². The number of unbranched alkanes of at least 4 members (excludes halogenated alkanes) is 15. The van der Waals surface area contributed by atoms with Crippen LogP contribution in [0.25, 0.3) is 0 Å². The van der Waals surface area contributed by atoms with Gasteiger partial charge in [-0.1, -0.05) is 39.0 Å². The van der Waals surface area contributed by atoms with E-state index in [2.05, 4.69) is 6.92 Å². The molecular weight excluding hydrogens is 335 g/mol. The van der Waals surface area contributed by atoms with Crippen molar-refractivity contribution < 1.29 is 4.79 Å². The molecule has 22 heavy (non-hydrogen) atoms. The van der Waals surface area contributed by atoms with Crippen LogP contribution >= 0.6 is 0 Å². The Hall–Kier alpha value is 0.189. The molecule has 0 heterocycles. The van der Waals surface area contributed by atoms with Crippen LogP contribution in [0.5, 0.6) is 0 Å². The first kappa shape index (κ1) is 22.2. The van der Waals surface area contributed by atoms with E-state index in [4.69, 9.17) is 0 Å². The van der Waals surface area contributed by atoms with Crippen LogP contribution in [-0.2, 0) is 4.79 Å². The maximum atomic E-state index is 10.8. The average Bonchev–Trinajstić information content (AvgIpc) is 2.50. The van der Waals surface area contributed by atoms with E-state index in [1.165, 1.54) is 108 Å². The Morgan fingerprint density at radius 2 is 0.909 bits per heavy atom. The molecular formula is C20H40OSe. The molecule has 0 saturated heterocycles. The molecule has 0 atom stereocenters. The van der Waals surface area contributed by atoms with Gasteiger partial charge in [0.25, 0.3) is 0 Å². The predicted octanol–water partition coefficient (Wildman–Crippen LogP) is 6.92. The number of rotatable bonds is 18. The number of hydrogen-bond donors (Lipinski definition) is 0. The van der Waals surface area contributed by atoms with Crippen LogP contribution in [0.1, 0.15) is 117 Å². The van der Waals surface area contributed by atoms with Crippen LogP contribution in [0.4, 0.5) is 0 Å². The van der Waals surface area contributed by atoms with Gasteiger partial charge in [-0.25, -0.2) is 0 Å². The van der Waals surface area contributed by atoms with Gasteiger partial charge in [0, 0.05) is 0 Å². The van der Waals surface area contributed by atoms with E-state index in [1.807, 2.05) is 0 Å². The molecule has 0 amide bonds. The molecule has 0 aromatic rings. The Morgan fingerprint density at radius 3 is 1.23 bits per heavy atom. The van der Waals surface area contributed by atoms with Gasteiger partial charge >= 0.3 is 107 Å². The summed E-state index contributed by atoms with van der Waals surface area (Å²) in [5.41, 5.74) is 0. The second kappa shape index (κ2) is 19.2. The number of carbonyl (C=O) groups is 1. The molecule has 0 radical (unpaired) electrons. The second-order valence-corrected chi connectivity index (χ2v) is 9.31. The third-order valence-corrected chi connectivity index (χ3v) is 6.19. The predicted molar refractivity (Wildman–Crippen MR) is 101 cm³/mol. The molecule has 0 aromatic heterocycles. The van der Waals surface area contributed by atoms with E-state index in [0.29, 0.717) is 4.68 Å². The normalized spacial score (nSPS) is 11.0. The summed E-state index contributed by atoms with van der Waals surface area (Å²) in [5, 5.41) is 1.17. The van der Waals surface area contributed by atoms with Crippen LogP contribution in [0.15, 0.2) is 0 Å². The second-order valence-electron chi connectivity index (χ2n) is 6.64. The molecule has 0 aromatic carbocycles. The molecule has 0 N–H and O–H groups in total. The molecule has 0 saturated carbocycles. The third-order valence-electron chi connectivity index (χ3n) is 4.30. The van der Waals surface area contributed by atoms with Gasteiger partial charge in [-0.3, -0.25) is 0 Å². The zero-order valence-electron chi connectivity index (χ0n) is 15.3. The fourth-order valence-corrected chi connectivity index (χ4v) is 4.20. The summed E-state index contributed by atoms with van der Waals surface area (Å²) >= 11 is 0.274. The van der Waals surface area contributed by atoms with Crippen molar-refractivity contribution in [3.05, 3.63) is 0 Å². The molecule has 0 spiro atoms. The minimum atomic E-state index is 0.274. The summed E-state index contributed by atoms with van der Waals surface area (Å²) in [6, 6.07) is 0. The SMILES string of the molecule is CCCCCCCCCCCCCCCCCC[Se]C(C)=O. The maximum absolute atomic E-state index is 10.8. The third kappa shape index (κ3) is 20.2. The van der Waals surface area contributed by atoms with Gasteiger partial charge in [0.15, 0.2) is 0 Å². The van der Waals surface area contributed by atoms with Crippen molar-refractivity contribution in [3.8, 4) is 0 Å². The van der Waals surface area contributed by atoms with Gasteiger partial charge in [-0.2, -0.15) is 0 Å². The number of hydrogen-bond acceptors (Lipinski definition) is 1. The average molecular weight is 375 g/mol. The molecule has 132 valence electrons. The Bertz CT molecular complexity index is 228. The number of carbonyl (C=O) groups excluding carboxylic acids is 1. The summed E-state index contributed by atoms with van der Waals surface area (Å²) in [6.45, 7) is 4.02. The van der Waals surface area contributed by atoms with Crippen molar-refractivity contribution in [2.24, 2.45) is 0 Å². The van der Waals surface area contributed by atoms with Crippen LogP contribution in [0, 0.1) is 0 Å². The fourth-order valence-electron chi connectivity index (χ4n) is 2.87. The topological polar surface area (TPSA) is 17.1 Å². The Morgan fingerprint density at radius 1 is 0.591 bits per heavy atom. The molecule has 1 nitrogen and oxygen atoms in total. The first-order valence-electron chi connectivity index (χ1n) is 9.90. The molecule has 0 bridgehead atoms.